The van der Waals surface area contributed by atoms with Gasteiger partial charge >= 0.3 is 0 Å². The fraction of sp³-hybridized carbons (Fsp3) is 1.00. The molecule has 0 heterocycles. The molecule has 0 bridgehead atoms. The number of unbranched alkanes of at least 4 members (excludes halogenated alkanes) is 3. The standard InChI is InChI=1S/C10H20BrF/c1-2-3-4-5-7-10(12)8-6-9-11/h10H,2-9H2,1H3. The average Bonchev–Trinajstić information content (AvgIpc) is 2.09. The summed E-state index contributed by atoms with van der Waals surface area (Å²) in [6, 6.07) is 0. The quantitative estimate of drug-likeness (QED) is 0.433. The van der Waals surface area contributed by atoms with Gasteiger partial charge in [-0.1, -0.05) is 48.5 Å². The number of hydrogen-bond donors (Lipinski definition) is 0. The molecule has 0 N–H and O–H groups in total. The Hall–Kier alpha value is 0.410. The lowest BCUT2D eigenvalue weighted by Crippen LogP contribution is -1.99. The molecule has 0 nitrogen and oxygen atoms in total. The first kappa shape index (κ1) is 12.4. The van der Waals surface area contributed by atoms with Crippen LogP contribution in [0.1, 0.15) is 51.9 Å². The topological polar surface area (TPSA) is 0 Å². The van der Waals surface area contributed by atoms with Crippen LogP contribution in [0.25, 0.3) is 0 Å². The van der Waals surface area contributed by atoms with Crippen molar-refractivity contribution >= 4 is 15.9 Å². The fourth-order valence-corrected chi connectivity index (χ4v) is 1.56. The molecule has 0 spiro atoms. The molecule has 0 rings (SSSR count). The summed E-state index contributed by atoms with van der Waals surface area (Å²) in [5, 5.41) is 0.933. The molecule has 0 saturated heterocycles. The van der Waals surface area contributed by atoms with E-state index in [9.17, 15) is 4.39 Å². The molecule has 1 atom stereocenters. The molecule has 0 saturated carbocycles. The Balaban J connectivity index is 3.02. The van der Waals surface area contributed by atoms with Crippen molar-refractivity contribution in [2.45, 2.75) is 58.0 Å². The first-order chi connectivity index (χ1) is 5.81. The molecule has 1 unspecified atom stereocenters. The second kappa shape index (κ2) is 9.50. The van der Waals surface area contributed by atoms with E-state index in [0.29, 0.717) is 0 Å². The van der Waals surface area contributed by atoms with E-state index in [1.807, 2.05) is 0 Å². The van der Waals surface area contributed by atoms with Crippen LogP contribution in [-0.2, 0) is 0 Å². The molecular formula is C10H20BrF. The average molecular weight is 239 g/mol. The third-order valence-electron chi connectivity index (χ3n) is 2.02. The van der Waals surface area contributed by atoms with E-state index >= 15 is 0 Å². The van der Waals surface area contributed by atoms with E-state index in [4.69, 9.17) is 0 Å². The second-order valence-corrected chi connectivity index (χ2v) is 4.07. The lowest BCUT2D eigenvalue weighted by atomic mass is 10.1. The van der Waals surface area contributed by atoms with Gasteiger partial charge < -0.3 is 0 Å². The van der Waals surface area contributed by atoms with Gasteiger partial charge in [-0.2, -0.15) is 0 Å². The maximum absolute atomic E-state index is 13.0. The number of halogens is 2. The highest BCUT2D eigenvalue weighted by atomic mass is 79.9. The van der Waals surface area contributed by atoms with Gasteiger partial charge in [-0.3, -0.25) is 0 Å². The maximum atomic E-state index is 13.0. The summed E-state index contributed by atoms with van der Waals surface area (Å²) in [4.78, 5) is 0. The fourth-order valence-electron chi connectivity index (χ4n) is 1.24. The molecule has 2 heteroatoms. The van der Waals surface area contributed by atoms with Crippen molar-refractivity contribution < 1.29 is 4.39 Å². The van der Waals surface area contributed by atoms with Gasteiger partial charge in [-0.25, -0.2) is 4.39 Å². The van der Waals surface area contributed by atoms with Gasteiger partial charge in [-0.15, -0.1) is 0 Å². The van der Waals surface area contributed by atoms with Gasteiger partial charge in [0, 0.05) is 5.33 Å². The summed E-state index contributed by atoms with van der Waals surface area (Å²) in [7, 11) is 0. The monoisotopic (exact) mass is 238 g/mol. The van der Waals surface area contributed by atoms with Crippen LogP contribution in [0.2, 0.25) is 0 Å². The Kier molecular flexibility index (Phi) is 9.82. The van der Waals surface area contributed by atoms with Crippen molar-refractivity contribution in [3.63, 3.8) is 0 Å². The Morgan fingerprint density at radius 1 is 1.08 bits per heavy atom. The van der Waals surface area contributed by atoms with Crippen molar-refractivity contribution in [1.29, 1.82) is 0 Å². The summed E-state index contributed by atoms with van der Waals surface area (Å²) in [6.07, 6.45) is 6.67. The van der Waals surface area contributed by atoms with Crippen LogP contribution in [0, 0.1) is 0 Å². The Bertz CT molecular complexity index is 85.9. The molecule has 0 aliphatic rings. The van der Waals surface area contributed by atoms with Crippen LogP contribution in [0.4, 0.5) is 4.39 Å². The molecule has 0 aliphatic heterocycles. The minimum absolute atomic E-state index is 0.556. The smallest absolute Gasteiger partial charge is 0.100 e. The predicted octanol–water partition coefficient (Wildman–Crippen LogP) is 4.47. The molecular weight excluding hydrogens is 219 g/mol. The summed E-state index contributed by atoms with van der Waals surface area (Å²) in [5.74, 6) is 0. The normalized spacial score (nSPS) is 13.2. The molecule has 0 amide bonds. The van der Waals surface area contributed by atoms with Gasteiger partial charge in [0.15, 0.2) is 0 Å². The number of rotatable bonds is 8. The van der Waals surface area contributed by atoms with E-state index < -0.39 is 6.17 Å². The zero-order chi connectivity index (χ0) is 9.23. The molecule has 0 aliphatic carbocycles. The first-order valence-corrected chi connectivity index (χ1v) is 6.13. The summed E-state index contributed by atoms with van der Waals surface area (Å²) < 4.78 is 13.0. The largest absolute Gasteiger partial charge is 0.247 e. The van der Waals surface area contributed by atoms with Gasteiger partial charge in [0.1, 0.15) is 6.17 Å². The second-order valence-electron chi connectivity index (χ2n) is 3.28. The Morgan fingerprint density at radius 2 is 1.75 bits per heavy atom. The van der Waals surface area contributed by atoms with Crippen LogP contribution < -0.4 is 0 Å². The molecule has 74 valence electrons. The maximum Gasteiger partial charge on any atom is 0.100 e. The summed E-state index contributed by atoms with van der Waals surface area (Å²) in [6.45, 7) is 2.18. The van der Waals surface area contributed by atoms with Crippen LogP contribution in [0.15, 0.2) is 0 Å². The van der Waals surface area contributed by atoms with E-state index in [0.717, 1.165) is 31.0 Å². The van der Waals surface area contributed by atoms with Crippen LogP contribution in [0.5, 0.6) is 0 Å². The van der Waals surface area contributed by atoms with Crippen molar-refractivity contribution in [3.8, 4) is 0 Å². The van der Waals surface area contributed by atoms with Gasteiger partial charge in [0.05, 0.1) is 0 Å². The van der Waals surface area contributed by atoms with E-state index in [2.05, 4.69) is 22.9 Å². The lowest BCUT2D eigenvalue weighted by molar-refractivity contribution is 0.286. The lowest BCUT2D eigenvalue weighted by Gasteiger charge is -2.05. The van der Waals surface area contributed by atoms with Crippen LogP contribution >= 0.6 is 15.9 Å². The first-order valence-electron chi connectivity index (χ1n) is 5.01. The van der Waals surface area contributed by atoms with Crippen molar-refractivity contribution in [2.24, 2.45) is 0 Å². The molecule has 0 aromatic heterocycles. The van der Waals surface area contributed by atoms with Gasteiger partial charge in [0.2, 0.25) is 0 Å². The molecule has 12 heavy (non-hydrogen) atoms. The third kappa shape index (κ3) is 8.51. The predicted molar refractivity (Wildman–Crippen MR) is 56.7 cm³/mol. The van der Waals surface area contributed by atoms with E-state index in [-0.39, 0.29) is 0 Å². The van der Waals surface area contributed by atoms with Crippen molar-refractivity contribution in [3.05, 3.63) is 0 Å². The SMILES string of the molecule is CCCCCCC(F)CCCBr. The number of alkyl halides is 2. The van der Waals surface area contributed by atoms with Crippen molar-refractivity contribution in [1.82, 2.24) is 0 Å². The van der Waals surface area contributed by atoms with Crippen LogP contribution in [-0.4, -0.2) is 11.5 Å². The molecule has 0 radical (unpaired) electrons. The molecule has 0 fully saturated rings. The third-order valence-corrected chi connectivity index (χ3v) is 2.58. The zero-order valence-electron chi connectivity index (χ0n) is 7.99. The summed E-state index contributed by atoms with van der Waals surface area (Å²) >= 11 is 3.30. The summed E-state index contributed by atoms with van der Waals surface area (Å²) in [5.41, 5.74) is 0. The minimum Gasteiger partial charge on any atom is -0.247 e. The Labute approximate surface area is 84.1 Å². The molecule has 0 aromatic carbocycles. The Morgan fingerprint density at radius 3 is 2.33 bits per heavy atom. The molecule has 0 aromatic rings. The van der Waals surface area contributed by atoms with E-state index in [1.165, 1.54) is 19.3 Å². The van der Waals surface area contributed by atoms with Crippen molar-refractivity contribution in [2.75, 3.05) is 5.33 Å². The van der Waals surface area contributed by atoms with Gasteiger partial charge in [-0.05, 0) is 19.3 Å². The number of hydrogen-bond acceptors (Lipinski definition) is 0. The highest BCUT2D eigenvalue weighted by Gasteiger charge is 2.04. The highest BCUT2D eigenvalue weighted by molar-refractivity contribution is 9.09. The highest BCUT2D eigenvalue weighted by Crippen LogP contribution is 2.12. The zero-order valence-corrected chi connectivity index (χ0v) is 9.58. The van der Waals surface area contributed by atoms with Gasteiger partial charge in [0.25, 0.3) is 0 Å². The van der Waals surface area contributed by atoms with E-state index in [1.54, 1.807) is 0 Å². The van der Waals surface area contributed by atoms with Crippen LogP contribution in [0.3, 0.4) is 0 Å². The minimum atomic E-state index is -0.556.